The van der Waals surface area contributed by atoms with Gasteiger partial charge in [-0.05, 0) is 29.2 Å². The fraction of sp³-hybridized carbons (Fsp3) is 0.333. The summed E-state index contributed by atoms with van der Waals surface area (Å²) >= 11 is 0. The molecule has 9 heteroatoms. The molecule has 0 saturated carbocycles. The normalized spacial score (nSPS) is 12.0. The second kappa shape index (κ2) is 13.8. The van der Waals surface area contributed by atoms with Crippen molar-refractivity contribution >= 4 is 27.5 Å². The number of rotatable bonds is 13. The molecule has 1 atom stereocenters. The Balaban J connectivity index is 2.04. The molecule has 0 aliphatic carbocycles. The van der Waals surface area contributed by atoms with Gasteiger partial charge in [0.2, 0.25) is 21.8 Å². The molecule has 0 radical (unpaired) electrons. The van der Waals surface area contributed by atoms with Crippen LogP contribution in [0.25, 0.3) is 0 Å². The summed E-state index contributed by atoms with van der Waals surface area (Å²) in [4.78, 5) is 29.1. The number of hydrogen-bond acceptors (Lipinski definition) is 5. The molecule has 1 N–H and O–H groups in total. The monoisotopic (exact) mass is 551 g/mol. The molecular formula is C30H37N3O5S. The van der Waals surface area contributed by atoms with E-state index in [1.54, 1.807) is 24.3 Å². The molecule has 0 spiro atoms. The van der Waals surface area contributed by atoms with Crippen LogP contribution in [0, 0.1) is 5.92 Å². The molecule has 1 unspecified atom stereocenters. The zero-order valence-electron chi connectivity index (χ0n) is 22.9. The fourth-order valence-electron chi connectivity index (χ4n) is 4.19. The molecule has 2 amide bonds. The highest BCUT2D eigenvalue weighted by atomic mass is 32.2. The summed E-state index contributed by atoms with van der Waals surface area (Å²) in [5.74, 6) is -0.257. The van der Waals surface area contributed by atoms with E-state index in [1.165, 1.54) is 12.0 Å². The van der Waals surface area contributed by atoms with Crippen LogP contribution in [0.15, 0.2) is 84.9 Å². The van der Waals surface area contributed by atoms with Crippen LogP contribution < -0.4 is 14.4 Å². The summed E-state index contributed by atoms with van der Waals surface area (Å²) in [6, 6.07) is 24.6. The van der Waals surface area contributed by atoms with Crippen LogP contribution in [-0.4, -0.2) is 57.6 Å². The summed E-state index contributed by atoms with van der Waals surface area (Å²) in [5.41, 5.74) is 1.96. The molecule has 208 valence electrons. The van der Waals surface area contributed by atoms with Crippen molar-refractivity contribution in [3.8, 4) is 5.75 Å². The lowest BCUT2D eigenvalue weighted by molar-refractivity contribution is -0.140. The minimum absolute atomic E-state index is 0.135. The summed E-state index contributed by atoms with van der Waals surface area (Å²) < 4.78 is 32.2. The molecule has 3 rings (SSSR count). The summed E-state index contributed by atoms with van der Waals surface area (Å²) in [7, 11) is -2.43. The van der Waals surface area contributed by atoms with Crippen molar-refractivity contribution < 1.29 is 22.7 Å². The Morgan fingerprint density at radius 1 is 0.872 bits per heavy atom. The maximum absolute atomic E-state index is 14.1. The number of ether oxygens (including phenoxy) is 1. The van der Waals surface area contributed by atoms with Gasteiger partial charge in [0.1, 0.15) is 18.3 Å². The van der Waals surface area contributed by atoms with E-state index in [0.29, 0.717) is 12.3 Å². The SMILES string of the molecule is COc1ccccc1N(CC(=O)N(Cc1ccccc1)C(Cc1ccccc1)C(=O)NCC(C)C)S(C)(=O)=O. The molecule has 3 aromatic rings. The van der Waals surface area contributed by atoms with E-state index in [9.17, 15) is 18.0 Å². The molecule has 3 aromatic carbocycles. The Hall–Kier alpha value is -3.85. The first kappa shape index (κ1) is 29.7. The Bertz CT molecular complexity index is 1330. The Morgan fingerprint density at radius 3 is 2.00 bits per heavy atom. The number of benzene rings is 3. The van der Waals surface area contributed by atoms with Gasteiger partial charge >= 0.3 is 0 Å². The quantitative estimate of drug-likeness (QED) is 0.348. The average Bonchev–Trinajstić information content (AvgIpc) is 2.92. The van der Waals surface area contributed by atoms with Gasteiger partial charge in [-0.2, -0.15) is 0 Å². The van der Waals surface area contributed by atoms with E-state index >= 15 is 0 Å². The van der Waals surface area contributed by atoms with Crippen molar-refractivity contribution in [2.75, 3.05) is 30.8 Å². The number of nitrogens with zero attached hydrogens (tertiary/aromatic N) is 2. The van der Waals surface area contributed by atoms with E-state index in [2.05, 4.69) is 5.32 Å². The summed E-state index contributed by atoms with van der Waals surface area (Å²) in [6.07, 6.45) is 1.32. The van der Waals surface area contributed by atoms with Gasteiger partial charge in [0.05, 0.1) is 19.1 Å². The smallest absolute Gasteiger partial charge is 0.244 e. The summed E-state index contributed by atoms with van der Waals surface area (Å²) in [5, 5.41) is 2.97. The highest BCUT2D eigenvalue weighted by Gasteiger charge is 2.33. The van der Waals surface area contributed by atoms with Crippen LogP contribution in [0.4, 0.5) is 5.69 Å². The van der Waals surface area contributed by atoms with Crippen LogP contribution in [0.3, 0.4) is 0 Å². The predicted molar refractivity (Wildman–Crippen MR) is 154 cm³/mol. The van der Waals surface area contributed by atoms with Gasteiger partial charge in [-0.3, -0.25) is 13.9 Å². The molecule has 0 saturated heterocycles. The zero-order chi connectivity index (χ0) is 28.4. The first-order valence-electron chi connectivity index (χ1n) is 12.9. The standard InChI is InChI=1S/C30H37N3O5S/c1-23(2)20-31-30(35)27(19-24-13-7-5-8-14-24)32(21-25-15-9-6-10-16-25)29(34)22-33(39(4,36)37)26-17-11-12-18-28(26)38-3/h5-18,23,27H,19-22H2,1-4H3,(H,31,35). The van der Waals surface area contributed by atoms with Gasteiger partial charge in [0, 0.05) is 19.5 Å². The molecule has 0 heterocycles. The van der Waals surface area contributed by atoms with Crippen molar-refractivity contribution in [1.82, 2.24) is 10.2 Å². The predicted octanol–water partition coefficient (Wildman–Crippen LogP) is 3.87. The number of sulfonamides is 1. The number of carbonyl (C=O) groups is 2. The molecule has 8 nitrogen and oxygen atoms in total. The molecule has 0 aliphatic heterocycles. The van der Waals surface area contributed by atoms with Crippen molar-refractivity contribution in [3.05, 3.63) is 96.1 Å². The van der Waals surface area contributed by atoms with Gasteiger partial charge in [-0.25, -0.2) is 8.42 Å². The lowest BCUT2D eigenvalue weighted by atomic mass is 10.0. The van der Waals surface area contributed by atoms with E-state index in [-0.39, 0.29) is 30.5 Å². The summed E-state index contributed by atoms with van der Waals surface area (Å²) in [6.45, 7) is 4.09. The van der Waals surface area contributed by atoms with Crippen molar-refractivity contribution in [2.24, 2.45) is 5.92 Å². The van der Waals surface area contributed by atoms with Crippen LogP contribution in [0.5, 0.6) is 5.75 Å². The highest BCUT2D eigenvalue weighted by Crippen LogP contribution is 2.30. The zero-order valence-corrected chi connectivity index (χ0v) is 23.7. The van der Waals surface area contributed by atoms with Crippen LogP contribution >= 0.6 is 0 Å². The minimum atomic E-state index is -3.87. The van der Waals surface area contributed by atoms with Crippen molar-refractivity contribution in [1.29, 1.82) is 0 Å². The first-order valence-corrected chi connectivity index (χ1v) is 14.7. The van der Waals surface area contributed by atoms with Gasteiger partial charge < -0.3 is 15.0 Å². The number of anilines is 1. The van der Waals surface area contributed by atoms with Crippen LogP contribution in [0.2, 0.25) is 0 Å². The van der Waals surface area contributed by atoms with Gasteiger partial charge in [-0.1, -0.05) is 86.6 Å². The van der Waals surface area contributed by atoms with E-state index in [4.69, 9.17) is 4.74 Å². The van der Waals surface area contributed by atoms with Gasteiger partial charge in [0.15, 0.2) is 0 Å². The lowest BCUT2D eigenvalue weighted by Gasteiger charge is -2.34. The second-order valence-corrected chi connectivity index (χ2v) is 11.7. The molecule has 39 heavy (non-hydrogen) atoms. The number of hydrogen-bond donors (Lipinski definition) is 1. The Labute approximate surface area is 231 Å². The highest BCUT2D eigenvalue weighted by molar-refractivity contribution is 7.92. The van der Waals surface area contributed by atoms with Crippen LogP contribution in [0.1, 0.15) is 25.0 Å². The topological polar surface area (TPSA) is 96.0 Å². The van der Waals surface area contributed by atoms with E-state index < -0.39 is 28.5 Å². The molecule has 0 bridgehead atoms. The lowest BCUT2D eigenvalue weighted by Crippen LogP contribution is -2.53. The second-order valence-electron chi connectivity index (χ2n) is 9.79. The van der Waals surface area contributed by atoms with Crippen molar-refractivity contribution in [2.45, 2.75) is 32.9 Å². The number of methoxy groups -OCH3 is 1. The first-order chi connectivity index (χ1) is 18.6. The Morgan fingerprint density at radius 2 is 1.44 bits per heavy atom. The maximum Gasteiger partial charge on any atom is 0.244 e. The number of para-hydroxylation sites is 2. The van der Waals surface area contributed by atoms with E-state index in [1.807, 2.05) is 74.5 Å². The third kappa shape index (κ3) is 8.58. The number of nitrogens with one attached hydrogen (secondary N) is 1. The maximum atomic E-state index is 14.1. The van der Waals surface area contributed by atoms with Crippen molar-refractivity contribution in [3.63, 3.8) is 0 Å². The molecular weight excluding hydrogens is 514 g/mol. The molecule has 0 fully saturated rings. The number of carbonyl (C=O) groups excluding carboxylic acids is 2. The molecule has 0 aliphatic rings. The third-order valence-electron chi connectivity index (χ3n) is 6.18. The third-order valence-corrected chi connectivity index (χ3v) is 7.31. The number of amides is 2. The fourth-order valence-corrected chi connectivity index (χ4v) is 5.04. The van der Waals surface area contributed by atoms with E-state index in [0.717, 1.165) is 21.7 Å². The Kier molecular flexibility index (Phi) is 10.5. The largest absolute Gasteiger partial charge is 0.495 e. The van der Waals surface area contributed by atoms with Crippen LogP contribution in [-0.2, 0) is 32.6 Å². The van der Waals surface area contributed by atoms with Gasteiger partial charge in [-0.15, -0.1) is 0 Å². The van der Waals surface area contributed by atoms with Gasteiger partial charge in [0.25, 0.3) is 0 Å². The average molecular weight is 552 g/mol. The molecule has 0 aromatic heterocycles. The minimum Gasteiger partial charge on any atom is -0.495 e.